The van der Waals surface area contributed by atoms with Crippen molar-refractivity contribution in [3.63, 3.8) is 0 Å². The molecule has 1 saturated heterocycles. The van der Waals surface area contributed by atoms with Crippen LogP contribution in [-0.2, 0) is 22.7 Å². The number of hydrogen-bond donors (Lipinski definition) is 2. The smallest absolute Gasteiger partial charge is 0.330 e. The fourth-order valence-electron chi connectivity index (χ4n) is 3.92. The average Bonchev–Trinajstić information content (AvgIpc) is 3.07. The summed E-state index contributed by atoms with van der Waals surface area (Å²) in [5, 5.41) is 0. The maximum Gasteiger partial charge on any atom is 0.330 e. The summed E-state index contributed by atoms with van der Waals surface area (Å²) in [6, 6.07) is 6.52. The van der Waals surface area contributed by atoms with Gasteiger partial charge in [-0.05, 0) is 29.5 Å². The molecule has 0 aliphatic carbocycles. The normalized spacial score (nSPS) is 13.9. The van der Waals surface area contributed by atoms with Crippen LogP contribution in [-0.4, -0.2) is 38.7 Å². The summed E-state index contributed by atoms with van der Waals surface area (Å²) in [6.45, 7) is 8.29. The van der Waals surface area contributed by atoms with Gasteiger partial charge in [0.15, 0.2) is 5.69 Å². The summed E-state index contributed by atoms with van der Waals surface area (Å²) >= 11 is 0. The fraction of sp³-hybridized carbons (Fsp3) is 0.458. The highest BCUT2D eigenvalue weighted by molar-refractivity contribution is 6.07. The number of benzene rings is 1. The molecular formula is C24H31N5O5. The molecule has 10 nitrogen and oxygen atoms in total. The first-order chi connectivity index (χ1) is 16.0. The van der Waals surface area contributed by atoms with Gasteiger partial charge in [0, 0.05) is 31.5 Å². The van der Waals surface area contributed by atoms with E-state index in [0.717, 1.165) is 0 Å². The van der Waals surface area contributed by atoms with E-state index in [9.17, 15) is 24.0 Å². The Labute approximate surface area is 197 Å². The van der Waals surface area contributed by atoms with Gasteiger partial charge < -0.3 is 10.6 Å². The molecule has 10 heteroatoms. The number of anilines is 2. The topological polar surface area (TPSA) is 139 Å². The van der Waals surface area contributed by atoms with E-state index < -0.39 is 17.2 Å². The minimum absolute atomic E-state index is 0.0136. The lowest BCUT2D eigenvalue weighted by molar-refractivity contribution is -0.139. The van der Waals surface area contributed by atoms with E-state index in [1.807, 2.05) is 27.7 Å². The maximum absolute atomic E-state index is 13.5. The van der Waals surface area contributed by atoms with Crippen LogP contribution in [0.25, 0.3) is 0 Å². The van der Waals surface area contributed by atoms with E-state index in [-0.39, 0.29) is 61.1 Å². The van der Waals surface area contributed by atoms with Crippen LogP contribution in [0.2, 0.25) is 0 Å². The minimum atomic E-state index is -0.723. The second kappa shape index (κ2) is 10.1. The number of hydrogen-bond acceptors (Lipinski definition) is 6. The molecule has 2 heterocycles. The van der Waals surface area contributed by atoms with E-state index in [1.165, 1.54) is 14.4 Å². The largest absolute Gasteiger partial charge is 0.383 e. The monoisotopic (exact) mass is 469 g/mol. The lowest BCUT2D eigenvalue weighted by atomic mass is 10.1. The number of carbonyl (C=O) groups is 3. The van der Waals surface area contributed by atoms with Gasteiger partial charge in [0.25, 0.3) is 11.5 Å². The molecule has 1 aliphatic rings. The summed E-state index contributed by atoms with van der Waals surface area (Å²) in [4.78, 5) is 67.1. The molecule has 3 rings (SSSR count). The quantitative estimate of drug-likeness (QED) is 0.565. The summed E-state index contributed by atoms with van der Waals surface area (Å²) < 4.78 is 1.27. The van der Waals surface area contributed by atoms with Gasteiger partial charge in [0.1, 0.15) is 5.82 Å². The first kappa shape index (κ1) is 24.9. The first-order valence-electron chi connectivity index (χ1n) is 11.4. The SMILES string of the molecule is CC(C)CN(C(=O)c1ccc(CN2C(=O)CCC2=O)cc1)c1c(N)n(CC(C)C)c(=O)[nH]c1=O. The van der Waals surface area contributed by atoms with Crippen molar-refractivity contribution in [1.82, 2.24) is 14.5 Å². The van der Waals surface area contributed by atoms with Gasteiger partial charge in [-0.2, -0.15) is 0 Å². The maximum atomic E-state index is 13.5. The highest BCUT2D eigenvalue weighted by atomic mass is 16.2. The number of nitrogens with zero attached hydrogens (tertiary/aromatic N) is 3. The molecule has 34 heavy (non-hydrogen) atoms. The first-order valence-corrected chi connectivity index (χ1v) is 11.4. The third-order valence-corrected chi connectivity index (χ3v) is 5.52. The predicted molar refractivity (Wildman–Crippen MR) is 128 cm³/mol. The van der Waals surface area contributed by atoms with Crippen molar-refractivity contribution in [2.45, 2.75) is 53.6 Å². The molecule has 0 spiro atoms. The molecule has 0 bridgehead atoms. The van der Waals surface area contributed by atoms with Crippen molar-refractivity contribution in [2.24, 2.45) is 11.8 Å². The van der Waals surface area contributed by atoms with Crippen LogP contribution in [0.15, 0.2) is 33.9 Å². The Morgan fingerprint density at radius 3 is 2.12 bits per heavy atom. The summed E-state index contributed by atoms with van der Waals surface area (Å²) in [6.07, 6.45) is 0.434. The van der Waals surface area contributed by atoms with Crippen LogP contribution in [0.3, 0.4) is 0 Å². The Morgan fingerprint density at radius 1 is 1.00 bits per heavy atom. The van der Waals surface area contributed by atoms with Crippen LogP contribution >= 0.6 is 0 Å². The highest BCUT2D eigenvalue weighted by Crippen LogP contribution is 2.22. The van der Waals surface area contributed by atoms with Crippen LogP contribution in [0.5, 0.6) is 0 Å². The van der Waals surface area contributed by atoms with Gasteiger partial charge in [-0.15, -0.1) is 0 Å². The Bertz CT molecular complexity index is 1190. The third-order valence-electron chi connectivity index (χ3n) is 5.52. The number of amides is 3. The summed E-state index contributed by atoms with van der Waals surface area (Å²) in [5.74, 6) is -0.812. The number of aromatic amines is 1. The standard InChI is InChI=1S/C24H31N5O5/c1-14(2)11-28(20-21(25)29(12-15(3)4)24(34)26-22(20)32)23(33)17-7-5-16(6-8-17)13-27-18(30)9-10-19(27)31/h5-8,14-15H,9-13,25H2,1-4H3,(H,26,32,34). The lowest BCUT2D eigenvalue weighted by Crippen LogP contribution is -2.43. The molecule has 0 unspecified atom stereocenters. The molecule has 3 amide bonds. The van der Waals surface area contributed by atoms with Crippen molar-refractivity contribution >= 4 is 29.2 Å². The van der Waals surface area contributed by atoms with E-state index in [2.05, 4.69) is 4.98 Å². The Morgan fingerprint density at radius 2 is 1.59 bits per heavy atom. The van der Waals surface area contributed by atoms with Crippen LogP contribution in [0, 0.1) is 11.8 Å². The van der Waals surface area contributed by atoms with E-state index in [4.69, 9.17) is 5.73 Å². The number of rotatable bonds is 8. The molecule has 182 valence electrons. The molecule has 2 aromatic rings. The number of nitrogen functional groups attached to an aromatic ring is 1. The van der Waals surface area contributed by atoms with Gasteiger partial charge >= 0.3 is 5.69 Å². The number of nitrogens with one attached hydrogen (secondary N) is 1. The number of likely N-dealkylation sites (tertiary alicyclic amines) is 1. The average molecular weight is 470 g/mol. The number of carbonyl (C=O) groups excluding carboxylic acids is 3. The van der Waals surface area contributed by atoms with Crippen molar-refractivity contribution < 1.29 is 14.4 Å². The molecule has 1 aromatic heterocycles. The number of imide groups is 1. The molecule has 0 saturated carbocycles. The minimum Gasteiger partial charge on any atom is -0.383 e. The highest BCUT2D eigenvalue weighted by Gasteiger charge is 2.29. The van der Waals surface area contributed by atoms with Crippen molar-refractivity contribution in [3.8, 4) is 0 Å². The Balaban J connectivity index is 1.95. The molecule has 1 fully saturated rings. The molecule has 3 N–H and O–H groups in total. The van der Waals surface area contributed by atoms with Gasteiger partial charge in [0.05, 0.1) is 6.54 Å². The van der Waals surface area contributed by atoms with Gasteiger partial charge in [-0.3, -0.25) is 33.6 Å². The van der Waals surface area contributed by atoms with Crippen molar-refractivity contribution in [1.29, 1.82) is 0 Å². The number of aromatic nitrogens is 2. The third kappa shape index (κ3) is 5.27. The molecule has 1 aromatic carbocycles. The zero-order valence-electron chi connectivity index (χ0n) is 20.0. The second-order valence-electron chi connectivity index (χ2n) is 9.38. The number of H-pyrrole nitrogens is 1. The lowest BCUT2D eigenvalue weighted by Gasteiger charge is -2.26. The van der Waals surface area contributed by atoms with Crippen molar-refractivity contribution in [3.05, 3.63) is 56.2 Å². The Kier molecular flexibility index (Phi) is 7.38. The fourth-order valence-corrected chi connectivity index (χ4v) is 3.92. The zero-order valence-corrected chi connectivity index (χ0v) is 20.0. The van der Waals surface area contributed by atoms with Crippen LogP contribution < -0.4 is 21.9 Å². The second-order valence-corrected chi connectivity index (χ2v) is 9.38. The Hall–Kier alpha value is -3.69. The van der Waals surface area contributed by atoms with E-state index in [1.54, 1.807) is 24.3 Å². The van der Waals surface area contributed by atoms with Gasteiger partial charge in [0.2, 0.25) is 11.8 Å². The van der Waals surface area contributed by atoms with Gasteiger partial charge in [-0.1, -0.05) is 39.8 Å². The number of nitrogens with two attached hydrogens (primary N) is 1. The molecular weight excluding hydrogens is 438 g/mol. The van der Waals surface area contributed by atoms with Crippen LogP contribution in [0.1, 0.15) is 56.5 Å². The predicted octanol–water partition coefficient (Wildman–Crippen LogP) is 1.73. The molecule has 0 radical (unpaired) electrons. The van der Waals surface area contributed by atoms with E-state index in [0.29, 0.717) is 17.7 Å². The van der Waals surface area contributed by atoms with Gasteiger partial charge in [-0.25, -0.2) is 4.79 Å². The molecule has 1 aliphatic heterocycles. The molecule has 0 atom stereocenters. The summed E-state index contributed by atoms with van der Waals surface area (Å²) in [5.41, 5.74) is 5.86. The van der Waals surface area contributed by atoms with Crippen LogP contribution in [0.4, 0.5) is 11.5 Å². The van der Waals surface area contributed by atoms with Crippen molar-refractivity contribution in [2.75, 3.05) is 17.2 Å². The van der Waals surface area contributed by atoms with E-state index >= 15 is 0 Å². The zero-order chi connectivity index (χ0) is 25.2. The summed E-state index contributed by atoms with van der Waals surface area (Å²) in [7, 11) is 0.